The Morgan fingerprint density at radius 2 is 1.57 bits per heavy atom. The summed E-state index contributed by atoms with van der Waals surface area (Å²) < 4.78 is 0. The number of phenols is 1. The first-order chi connectivity index (χ1) is 21.5. The Hall–Kier alpha value is -4.47. The van der Waals surface area contributed by atoms with E-state index in [0.29, 0.717) is 5.52 Å². The van der Waals surface area contributed by atoms with Gasteiger partial charge >= 0.3 is 0 Å². The third kappa shape index (κ3) is 5.07. The molecule has 0 spiro atoms. The number of fused-ring (bicyclic) bond motifs is 3. The maximum absolute atomic E-state index is 10.8. The Balaban J connectivity index is 0.00000372. The van der Waals surface area contributed by atoms with Crippen LogP contribution in [-0.4, -0.2) is 29.2 Å². The van der Waals surface area contributed by atoms with Crippen LogP contribution in [0.2, 0.25) is 0 Å². The zero-order valence-corrected chi connectivity index (χ0v) is 29.5. The van der Waals surface area contributed by atoms with E-state index in [4.69, 9.17) is 9.97 Å². The zero-order chi connectivity index (χ0) is 31.6. The molecule has 0 saturated carbocycles. The molecule has 4 aromatic carbocycles. The van der Waals surface area contributed by atoms with E-state index in [1.165, 1.54) is 33.4 Å². The van der Waals surface area contributed by atoms with Gasteiger partial charge in [0.05, 0.1) is 0 Å². The van der Waals surface area contributed by atoms with Crippen LogP contribution in [0.5, 0.6) is 5.75 Å². The molecule has 0 bridgehead atoms. The van der Waals surface area contributed by atoms with Crippen molar-refractivity contribution in [2.45, 2.75) is 40.0 Å². The second kappa shape index (κ2) is 11.7. The number of aromatic hydroxyl groups is 1. The van der Waals surface area contributed by atoms with E-state index in [0.717, 1.165) is 45.1 Å². The van der Waals surface area contributed by atoms with Crippen molar-refractivity contribution in [3.8, 4) is 28.1 Å². The molecule has 0 saturated heterocycles. The Labute approximate surface area is 285 Å². The predicted octanol–water partition coefficient (Wildman–Crippen LogP) is 9.57. The van der Waals surface area contributed by atoms with Gasteiger partial charge in [0, 0.05) is 58.1 Å². The molecular formula is C40H37N4OPt-. The standard InChI is InChI=1S/C40H37N4O.Pt/c1-24-20-25(2)38(26(3)21-24)28-18-19-41-37(23-28)44-34-11-9-8-10-30(34)40(4,5)31-14-12-27(22-35(31)44)32-15-13-29-33(43(6)7)16-17-36(45)39(29)42-32;/h8-21,23,45H,1-7H3;/q-1;. The van der Waals surface area contributed by atoms with Crippen molar-refractivity contribution >= 4 is 33.8 Å². The van der Waals surface area contributed by atoms with Crippen molar-refractivity contribution in [2.75, 3.05) is 23.9 Å². The van der Waals surface area contributed by atoms with Crippen LogP contribution in [0.15, 0.2) is 91.1 Å². The van der Waals surface area contributed by atoms with Gasteiger partial charge in [0.2, 0.25) is 0 Å². The van der Waals surface area contributed by atoms with Gasteiger partial charge in [-0.1, -0.05) is 67.4 Å². The molecule has 46 heavy (non-hydrogen) atoms. The molecule has 7 rings (SSSR count). The summed E-state index contributed by atoms with van der Waals surface area (Å²) in [6, 6.07) is 33.1. The molecule has 0 aliphatic carbocycles. The minimum Gasteiger partial charge on any atom is -0.506 e. The van der Waals surface area contributed by atoms with Gasteiger partial charge in [-0.25, -0.2) is 4.98 Å². The summed E-state index contributed by atoms with van der Waals surface area (Å²) in [5.74, 6) is 0.999. The summed E-state index contributed by atoms with van der Waals surface area (Å²) >= 11 is 0. The van der Waals surface area contributed by atoms with Gasteiger partial charge in [-0.15, -0.1) is 23.8 Å². The van der Waals surface area contributed by atoms with Gasteiger partial charge in [0.1, 0.15) is 17.1 Å². The van der Waals surface area contributed by atoms with Crippen molar-refractivity contribution in [3.05, 3.63) is 125 Å². The Morgan fingerprint density at radius 3 is 2.30 bits per heavy atom. The number of hydrogen-bond acceptors (Lipinski definition) is 5. The van der Waals surface area contributed by atoms with Crippen molar-refractivity contribution < 1.29 is 26.2 Å². The number of nitrogens with zero attached hydrogens (tertiary/aromatic N) is 4. The smallest absolute Gasteiger partial charge is 0.140 e. The van der Waals surface area contributed by atoms with Crippen molar-refractivity contribution in [3.63, 3.8) is 0 Å². The average Bonchev–Trinajstić information content (AvgIpc) is 3.01. The van der Waals surface area contributed by atoms with Crippen LogP contribution in [0.1, 0.15) is 41.7 Å². The molecule has 0 atom stereocenters. The summed E-state index contributed by atoms with van der Waals surface area (Å²) in [7, 11) is 3.99. The Morgan fingerprint density at radius 1 is 0.826 bits per heavy atom. The summed E-state index contributed by atoms with van der Waals surface area (Å²) in [6.07, 6.45) is 1.91. The molecule has 0 radical (unpaired) electrons. The summed E-state index contributed by atoms with van der Waals surface area (Å²) in [6.45, 7) is 11.0. The molecular weight excluding hydrogens is 748 g/mol. The van der Waals surface area contributed by atoms with Crippen molar-refractivity contribution in [1.82, 2.24) is 9.97 Å². The number of para-hydroxylation sites is 1. The third-order valence-corrected chi connectivity index (χ3v) is 9.15. The number of rotatable bonds is 4. The summed E-state index contributed by atoms with van der Waals surface area (Å²) in [5.41, 5.74) is 13.5. The SMILES string of the molecule is Cc1cc(C)c(-c2ccnc(N3c4[c-]c(-c5ccc6c(N(C)C)ccc(O)c6n5)ccc4C(C)(C)c4ccccc43)c2)c(C)c1.[Pt]. The average molecular weight is 785 g/mol. The molecule has 0 fully saturated rings. The Bertz CT molecular complexity index is 2110. The van der Waals surface area contributed by atoms with Gasteiger partial charge in [-0.2, -0.15) is 0 Å². The molecule has 0 amide bonds. The number of hydrogen-bond donors (Lipinski definition) is 1. The third-order valence-electron chi connectivity index (χ3n) is 9.15. The molecule has 2 aromatic heterocycles. The first kappa shape index (κ1) is 31.5. The molecule has 6 aromatic rings. The van der Waals surface area contributed by atoms with E-state index >= 15 is 0 Å². The monoisotopic (exact) mass is 784 g/mol. The first-order valence-corrected chi connectivity index (χ1v) is 15.4. The van der Waals surface area contributed by atoms with Gasteiger partial charge in [0.15, 0.2) is 0 Å². The first-order valence-electron chi connectivity index (χ1n) is 15.4. The molecule has 6 heteroatoms. The summed E-state index contributed by atoms with van der Waals surface area (Å²) in [5, 5.41) is 11.7. The van der Waals surface area contributed by atoms with Crippen molar-refractivity contribution in [2.24, 2.45) is 0 Å². The van der Waals surface area contributed by atoms with Crippen LogP contribution >= 0.6 is 0 Å². The number of aryl methyl sites for hydroxylation is 3. The maximum Gasteiger partial charge on any atom is 0.140 e. The minimum atomic E-state index is -0.255. The fraction of sp³-hybridized carbons (Fsp3) is 0.200. The van der Waals surface area contributed by atoms with E-state index in [1.54, 1.807) is 6.07 Å². The number of phenolic OH excluding ortho intramolecular Hbond substituents is 1. The van der Waals surface area contributed by atoms with E-state index in [2.05, 4.69) is 106 Å². The van der Waals surface area contributed by atoms with Crippen LogP contribution in [0.25, 0.3) is 33.3 Å². The van der Waals surface area contributed by atoms with Gasteiger partial charge < -0.3 is 14.9 Å². The summed E-state index contributed by atoms with van der Waals surface area (Å²) in [4.78, 5) is 14.2. The second-order valence-electron chi connectivity index (χ2n) is 12.9. The maximum atomic E-state index is 10.8. The van der Waals surface area contributed by atoms with Crippen LogP contribution in [0, 0.1) is 26.8 Å². The predicted molar refractivity (Wildman–Crippen MR) is 186 cm³/mol. The fourth-order valence-corrected chi connectivity index (χ4v) is 7.07. The molecule has 5 nitrogen and oxygen atoms in total. The van der Waals surface area contributed by atoms with Crippen LogP contribution < -0.4 is 9.80 Å². The minimum absolute atomic E-state index is 0. The molecule has 234 valence electrons. The van der Waals surface area contributed by atoms with Gasteiger partial charge in [-0.3, -0.25) is 4.98 Å². The van der Waals surface area contributed by atoms with Gasteiger partial charge in [0.25, 0.3) is 0 Å². The van der Waals surface area contributed by atoms with Crippen LogP contribution in [-0.2, 0) is 26.5 Å². The number of anilines is 4. The molecule has 1 aliphatic rings. The van der Waals surface area contributed by atoms with Crippen LogP contribution in [0.3, 0.4) is 0 Å². The number of benzene rings is 4. The van der Waals surface area contributed by atoms with Crippen LogP contribution in [0.4, 0.5) is 22.9 Å². The Kier molecular flexibility index (Phi) is 8.02. The molecule has 3 heterocycles. The largest absolute Gasteiger partial charge is 0.506 e. The quantitative estimate of drug-likeness (QED) is 0.181. The van der Waals surface area contributed by atoms with E-state index in [9.17, 15) is 5.11 Å². The molecule has 1 aliphatic heterocycles. The van der Waals surface area contributed by atoms with Gasteiger partial charge in [-0.05, 0) is 95.7 Å². The zero-order valence-electron chi connectivity index (χ0n) is 27.2. The molecule has 0 unspecified atom stereocenters. The second-order valence-corrected chi connectivity index (χ2v) is 12.9. The number of aromatic nitrogens is 2. The topological polar surface area (TPSA) is 52.5 Å². The normalized spacial score (nSPS) is 13.2. The van der Waals surface area contributed by atoms with Crippen molar-refractivity contribution in [1.29, 1.82) is 0 Å². The van der Waals surface area contributed by atoms with E-state index in [1.807, 2.05) is 43.4 Å². The fourth-order valence-electron chi connectivity index (χ4n) is 7.07. The number of pyridine rings is 2. The van der Waals surface area contributed by atoms with E-state index < -0.39 is 0 Å². The molecule has 1 N–H and O–H groups in total. The van der Waals surface area contributed by atoms with E-state index in [-0.39, 0.29) is 32.2 Å².